The third kappa shape index (κ3) is 4.58. The van der Waals surface area contributed by atoms with E-state index in [4.69, 9.17) is 4.74 Å². The zero-order chi connectivity index (χ0) is 24.5. The second kappa shape index (κ2) is 9.18. The molecule has 1 aromatic carbocycles. The van der Waals surface area contributed by atoms with Crippen LogP contribution in [0.2, 0.25) is 0 Å². The van der Waals surface area contributed by atoms with E-state index in [1.165, 1.54) is 22.1 Å². The fraction of sp³-hybridized carbons (Fsp3) is 0.208. The number of anilines is 2. The third-order valence-electron chi connectivity index (χ3n) is 5.67. The van der Waals surface area contributed by atoms with Crippen LogP contribution in [0.3, 0.4) is 0 Å². The van der Waals surface area contributed by atoms with Gasteiger partial charge in [-0.15, -0.1) is 11.3 Å². The summed E-state index contributed by atoms with van der Waals surface area (Å²) in [6, 6.07) is 14.1. The smallest absolute Gasteiger partial charge is 0.252 e. The van der Waals surface area contributed by atoms with E-state index in [-0.39, 0.29) is 36.3 Å². The van der Waals surface area contributed by atoms with Crippen LogP contribution in [0.25, 0.3) is 16.5 Å². The fourth-order valence-electron chi connectivity index (χ4n) is 3.96. The van der Waals surface area contributed by atoms with Gasteiger partial charge in [-0.25, -0.2) is 4.98 Å². The molecule has 11 heteroatoms. The largest absolute Gasteiger partial charge is 0.497 e. The van der Waals surface area contributed by atoms with Gasteiger partial charge in [0.05, 0.1) is 17.9 Å². The van der Waals surface area contributed by atoms with Crippen molar-refractivity contribution in [1.29, 1.82) is 0 Å². The Morgan fingerprint density at radius 1 is 1.20 bits per heavy atom. The Bertz CT molecular complexity index is 1440. The van der Waals surface area contributed by atoms with Crippen LogP contribution in [-0.2, 0) is 9.59 Å². The van der Waals surface area contributed by atoms with Crippen LogP contribution < -0.4 is 20.5 Å². The Hall–Kier alpha value is -4.25. The van der Waals surface area contributed by atoms with E-state index in [9.17, 15) is 14.4 Å². The number of ether oxygens (including phenoxy) is 1. The number of carbonyl (C=O) groups excluding carboxylic acids is 2. The number of carbonyl (C=O) groups is 2. The van der Waals surface area contributed by atoms with Crippen molar-refractivity contribution < 1.29 is 14.3 Å². The molecule has 0 radical (unpaired) electrons. The van der Waals surface area contributed by atoms with E-state index in [0.717, 1.165) is 4.88 Å². The van der Waals surface area contributed by atoms with E-state index in [2.05, 4.69) is 20.4 Å². The summed E-state index contributed by atoms with van der Waals surface area (Å²) in [6.07, 6.45) is 0.0866. The number of H-pyrrole nitrogens is 1. The van der Waals surface area contributed by atoms with Crippen molar-refractivity contribution in [1.82, 2.24) is 19.7 Å². The number of nitrogens with one attached hydrogen (secondary N) is 2. The van der Waals surface area contributed by atoms with Crippen LogP contribution in [0.1, 0.15) is 12.1 Å². The Morgan fingerprint density at radius 2 is 2.00 bits per heavy atom. The summed E-state index contributed by atoms with van der Waals surface area (Å²) in [5.74, 6) is 0.226. The van der Waals surface area contributed by atoms with Crippen molar-refractivity contribution in [2.75, 3.05) is 23.9 Å². The second-order valence-electron chi connectivity index (χ2n) is 8.11. The zero-order valence-electron chi connectivity index (χ0n) is 19.0. The number of aryl methyl sites for hydroxylation is 1. The van der Waals surface area contributed by atoms with Gasteiger partial charge < -0.3 is 15.0 Å². The van der Waals surface area contributed by atoms with Gasteiger partial charge in [0.25, 0.3) is 5.56 Å². The Labute approximate surface area is 204 Å². The highest BCUT2D eigenvalue weighted by atomic mass is 32.1. The quantitative estimate of drug-likeness (QED) is 0.429. The van der Waals surface area contributed by atoms with Gasteiger partial charge in [-0.2, -0.15) is 9.78 Å². The molecule has 2 amide bonds. The molecule has 1 aliphatic heterocycles. The molecule has 2 N–H and O–H groups in total. The van der Waals surface area contributed by atoms with Gasteiger partial charge in [0.2, 0.25) is 17.8 Å². The SMILES string of the molecule is COc1ccc(N2CC(C(=O)Nc3cc(-c4cccs4)nn3-c3nc(C)cc(=O)[nH]3)CC2=O)cc1. The number of amides is 2. The number of rotatable bonds is 6. The van der Waals surface area contributed by atoms with E-state index < -0.39 is 5.92 Å². The molecule has 0 aliphatic carbocycles. The molecule has 1 saturated heterocycles. The van der Waals surface area contributed by atoms with Gasteiger partial charge in [-0.3, -0.25) is 19.4 Å². The van der Waals surface area contributed by atoms with Gasteiger partial charge >= 0.3 is 0 Å². The number of aromatic amines is 1. The first-order chi connectivity index (χ1) is 16.9. The number of benzene rings is 1. The Morgan fingerprint density at radius 3 is 2.69 bits per heavy atom. The molecule has 5 rings (SSSR count). The maximum Gasteiger partial charge on any atom is 0.252 e. The van der Waals surface area contributed by atoms with Crippen LogP contribution in [0, 0.1) is 12.8 Å². The molecule has 1 fully saturated rings. The minimum atomic E-state index is -0.553. The standard InChI is InChI=1S/C24H22N6O4S/c1-14-10-21(31)27-24(25-14)30-20(12-18(28-30)19-4-3-9-35-19)26-23(33)15-11-22(32)29(13-15)16-5-7-17(34-2)8-6-16/h3-10,12,15H,11,13H2,1-2H3,(H,26,33)(H,25,27,31). The van der Waals surface area contributed by atoms with Crippen molar-refractivity contribution in [3.8, 4) is 22.3 Å². The first kappa shape index (κ1) is 22.5. The molecule has 3 aromatic heterocycles. The molecule has 35 heavy (non-hydrogen) atoms. The van der Waals surface area contributed by atoms with E-state index in [0.29, 0.717) is 28.6 Å². The molecule has 4 heterocycles. The number of hydrogen-bond donors (Lipinski definition) is 2. The average Bonchev–Trinajstić information content (AvgIpc) is 3.58. The molecule has 0 saturated carbocycles. The first-order valence-corrected chi connectivity index (χ1v) is 11.8. The number of hydrogen-bond acceptors (Lipinski definition) is 7. The minimum Gasteiger partial charge on any atom is -0.497 e. The lowest BCUT2D eigenvalue weighted by Crippen LogP contribution is -2.28. The van der Waals surface area contributed by atoms with Crippen molar-refractivity contribution in [3.63, 3.8) is 0 Å². The predicted molar refractivity (Wildman–Crippen MR) is 132 cm³/mol. The number of nitrogens with zero attached hydrogens (tertiary/aromatic N) is 4. The van der Waals surface area contributed by atoms with Crippen LogP contribution in [0.15, 0.2) is 58.7 Å². The van der Waals surface area contributed by atoms with Crippen LogP contribution in [0.5, 0.6) is 5.75 Å². The van der Waals surface area contributed by atoms with Gasteiger partial charge in [0.1, 0.15) is 17.3 Å². The summed E-state index contributed by atoms with van der Waals surface area (Å²) in [6.45, 7) is 1.96. The van der Waals surface area contributed by atoms with Gasteiger partial charge in [-0.1, -0.05) is 6.07 Å². The van der Waals surface area contributed by atoms with Crippen LogP contribution in [0.4, 0.5) is 11.5 Å². The number of aromatic nitrogens is 4. The third-order valence-corrected chi connectivity index (χ3v) is 6.56. The molecular weight excluding hydrogens is 468 g/mol. The highest BCUT2D eigenvalue weighted by Gasteiger charge is 2.35. The van der Waals surface area contributed by atoms with Gasteiger partial charge in [0, 0.05) is 36.5 Å². The summed E-state index contributed by atoms with van der Waals surface area (Å²) in [4.78, 5) is 47.4. The van der Waals surface area contributed by atoms with Crippen LogP contribution in [-0.4, -0.2) is 45.2 Å². The van der Waals surface area contributed by atoms with Gasteiger partial charge in [-0.05, 0) is 42.6 Å². The van der Waals surface area contributed by atoms with Crippen molar-refractivity contribution in [2.45, 2.75) is 13.3 Å². The normalized spacial score (nSPS) is 15.4. The number of thiophene rings is 1. The van der Waals surface area contributed by atoms with Crippen molar-refractivity contribution >= 4 is 34.7 Å². The van der Waals surface area contributed by atoms with E-state index >= 15 is 0 Å². The van der Waals surface area contributed by atoms with Crippen molar-refractivity contribution in [3.05, 3.63) is 70.0 Å². The highest BCUT2D eigenvalue weighted by Crippen LogP contribution is 2.30. The molecule has 178 valence electrons. The number of methoxy groups -OCH3 is 1. The predicted octanol–water partition coefficient (Wildman–Crippen LogP) is 2.99. The Kier molecular flexibility index (Phi) is 5.91. The summed E-state index contributed by atoms with van der Waals surface area (Å²) in [7, 11) is 1.58. The minimum absolute atomic E-state index is 0.0866. The fourth-order valence-corrected chi connectivity index (χ4v) is 4.64. The molecule has 1 unspecified atom stereocenters. The summed E-state index contributed by atoms with van der Waals surface area (Å²) >= 11 is 1.50. The summed E-state index contributed by atoms with van der Waals surface area (Å²) < 4.78 is 6.58. The lowest BCUT2D eigenvalue weighted by atomic mass is 10.1. The summed E-state index contributed by atoms with van der Waals surface area (Å²) in [5.41, 5.74) is 1.53. The van der Waals surface area contributed by atoms with Crippen LogP contribution >= 0.6 is 11.3 Å². The molecule has 0 bridgehead atoms. The molecule has 0 spiro atoms. The average molecular weight is 491 g/mol. The Balaban J connectivity index is 1.41. The molecule has 10 nitrogen and oxygen atoms in total. The molecule has 1 aliphatic rings. The highest BCUT2D eigenvalue weighted by molar-refractivity contribution is 7.13. The van der Waals surface area contributed by atoms with E-state index in [1.807, 2.05) is 17.5 Å². The topological polar surface area (TPSA) is 122 Å². The first-order valence-electron chi connectivity index (χ1n) is 10.9. The van der Waals surface area contributed by atoms with Crippen molar-refractivity contribution in [2.24, 2.45) is 5.92 Å². The summed E-state index contributed by atoms with van der Waals surface area (Å²) in [5, 5.41) is 9.39. The van der Waals surface area contributed by atoms with E-state index in [1.54, 1.807) is 49.3 Å². The monoisotopic (exact) mass is 490 g/mol. The zero-order valence-corrected chi connectivity index (χ0v) is 19.8. The molecular formula is C24H22N6O4S. The maximum atomic E-state index is 13.2. The molecule has 1 atom stereocenters. The lowest BCUT2D eigenvalue weighted by Gasteiger charge is -2.17. The maximum absolute atomic E-state index is 13.2. The molecule has 4 aromatic rings. The van der Waals surface area contributed by atoms with Gasteiger partial charge in [0.15, 0.2) is 0 Å². The second-order valence-corrected chi connectivity index (χ2v) is 9.05. The lowest BCUT2D eigenvalue weighted by molar-refractivity contribution is -0.122.